The summed E-state index contributed by atoms with van der Waals surface area (Å²) in [5.41, 5.74) is 0. The summed E-state index contributed by atoms with van der Waals surface area (Å²) in [6.45, 7) is 10.5. The molecule has 0 saturated heterocycles. The number of hydrogen-bond donors (Lipinski definition) is 1. The number of rotatable bonds is 5. The van der Waals surface area contributed by atoms with Crippen LogP contribution >= 0.6 is 11.6 Å². The van der Waals surface area contributed by atoms with Crippen LogP contribution in [0.5, 0.6) is 0 Å². The molecular formula is C15H26ClN5. The number of nitrogens with one attached hydrogen (secondary N) is 1. The molecular weight excluding hydrogens is 286 g/mol. The van der Waals surface area contributed by atoms with E-state index in [1.165, 1.54) is 12.8 Å². The van der Waals surface area contributed by atoms with Gasteiger partial charge >= 0.3 is 0 Å². The second kappa shape index (κ2) is 7.25. The Balaban J connectivity index is 2.12. The van der Waals surface area contributed by atoms with Gasteiger partial charge in [0.1, 0.15) is 0 Å². The second-order valence-corrected chi connectivity index (χ2v) is 6.38. The minimum absolute atomic E-state index is 0.256. The summed E-state index contributed by atoms with van der Waals surface area (Å²) in [5.74, 6) is 2.69. The molecule has 6 heteroatoms. The topological polar surface area (TPSA) is 53.9 Å². The fourth-order valence-corrected chi connectivity index (χ4v) is 3.25. The third-order valence-electron chi connectivity index (χ3n) is 4.39. The Kier molecular flexibility index (Phi) is 5.62. The van der Waals surface area contributed by atoms with E-state index >= 15 is 0 Å². The summed E-state index contributed by atoms with van der Waals surface area (Å²) < 4.78 is 0. The number of nitrogens with zero attached hydrogens (tertiary/aromatic N) is 4. The van der Waals surface area contributed by atoms with Gasteiger partial charge in [0.05, 0.1) is 0 Å². The van der Waals surface area contributed by atoms with E-state index in [4.69, 9.17) is 11.6 Å². The predicted octanol–water partition coefficient (Wildman–Crippen LogP) is 3.61. The molecule has 118 valence electrons. The zero-order chi connectivity index (χ0) is 15.4. The lowest BCUT2D eigenvalue weighted by Crippen LogP contribution is -2.34. The molecule has 1 aromatic rings. The van der Waals surface area contributed by atoms with Gasteiger partial charge < -0.3 is 10.2 Å². The van der Waals surface area contributed by atoms with Crippen molar-refractivity contribution in [1.29, 1.82) is 0 Å². The molecule has 1 saturated carbocycles. The van der Waals surface area contributed by atoms with Gasteiger partial charge in [0.25, 0.3) is 0 Å². The average molecular weight is 312 g/mol. The van der Waals surface area contributed by atoms with E-state index in [0.29, 0.717) is 23.9 Å². The van der Waals surface area contributed by atoms with Crippen molar-refractivity contribution < 1.29 is 0 Å². The monoisotopic (exact) mass is 311 g/mol. The van der Waals surface area contributed by atoms with Crippen LogP contribution in [0.4, 0.5) is 11.9 Å². The fraction of sp³-hybridized carbons (Fsp3) is 0.800. The van der Waals surface area contributed by atoms with Gasteiger partial charge in [0.2, 0.25) is 17.2 Å². The summed E-state index contributed by atoms with van der Waals surface area (Å²) in [6.07, 6.45) is 3.66. The third kappa shape index (κ3) is 4.19. The highest BCUT2D eigenvalue weighted by Gasteiger charge is 2.26. The SMILES string of the molecule is CCN(CC)c1nc(Cl)nc(NC2CCC(C)CC2C)n1. The fourth-order valence-electron chi connectivity index (χ4n) is 3.10. The maximum Gasteiger partial charge on any atom is 0.231 e. The van der Waals surface area contributed by atoms with Crippen LogP contribution in [0.25, 0.3) is 0 Å². The Labute approximate surface area is 132 Å². The number of anilines is 2. The van der Waals surface area contributed by atoms with Gasteiger partial charge in [0.15, 0.2) is 0 Å². The van der Waals surface area contributed by atoms with Crippen LogP contribution in [0.3, 0.4) is 0 Å². The van der Waals surface area contributed by atoms with Gasteiger partial charge in [-0.1, -0.05) is 13.8 Å². The summed E-state index contributed by atoms with van der Waals surface area (Å²) in [5, 5.41) is 3.72. The van der Waals surface area contributed by atoms with Crippen molar-refractivity contribution in [2.75, 3.05) is 23.3 Å². The Morgan fingerprint density at radius 2 is 1.86 bits per heavy atom. The predicted molar refractivity (Wildman–Crippen MR) is 88.0 cm³/mol. The van der Waals surface area contributed by atoms with Crippen LogP contribution < -0.4 is 10.2 Å². The molecule has 0 bridgehead atoms. The van der Waals surface area contributed by atoms with Crippen molar-refractivity contribution >= 4 is 23.5 Å². The van der Waals surface area contributed by atoms with Crippen molar-refractivity contribution in [3.63, 3.8) is 0 Å². The molecule has 1 aliphatic rings. The molecule has 1 aromatic heterocycles. The molecule has 1 aliphatic carbocycles. The quantitative estimate of drug-likeness (QED) is 0.900. The van der Waals surface area contributed by atoms with Gasteiger partial charge in [0, 0.05) is 19.1 Å². The zero-order valence-electron chi connectivity index (χ0n) is 13.4. The maximum absolute atomic E-state index is 6.06. The first-order valence-corrected chi connectivity index (χ1v) is 8.34. The van der Waals surface area contributed by atoms with Gasteiger partial charge in [-0.05, 0) is 56.5 Å². The average Bonchev–Trinajstić information content (AvgIpc) is 2.43. The van der Waals surface area contributed by atoms with E-state index in [-0.39, 0.29) is 5.28 Å². The van der Waals surface area contributed by atoms with Crippen molar-refractivity contribution in [3.8, 4) is 0 Å². The molecule has 0 spiro atoms. The summed E-state index contributed by atoms with van der Waals surface area (Å²) in [4.78, 5) is 15.1. The molecule has 0 radical (unpaired) electrons. The third-order valence-corrected chi connectivity index (χ3v) is 4.56. The summed E-state index contributed by atoms with van der Waals surface area (Å²) >= 11 is 6.06. The summed E-state index contributed by atoms with van der Waals surface area (Å²) in [6, 6.07) is 0.421. The van der Waals surface area contributed by atoms with E-state index in [2.05, 4.69) is 52.9 Å². The van der Waals surface area contributed by atoms with E-state index in [9.17, 15) is 0 Å². The van der Waals surface area contributed by atoms with E-state index in [1.807, 2.05) is 0 Å². The first kappa shape index (κ1) is 16.3. The van der Waals surface area contributed by atoms with Gasteiger partial charge in [-0.25, -0.2) is 0 Å². The molecule has 5 nitrogen and oxygen atoms in total. The molecule has 0 aliphatic heterocycles. The smallest absolute Gasteiger partial charge is 0.231 e. The molecule has 3 atom stereocenters. The molecule has 0 aromatic carbocycles. The van der Waals surface area contributed by atoms with Crippen LogP contribution in [0, 0.1) is 11.8 Å². The minimum atomic E-state index is 0.256. The first-order valence-electron chi connectivity index (χ1n) is 7.96. The lowest BCUT2D eigenvalue weighted by molar-refractivity contribution is 0.276. The lowest BCUT2D eigenvalue weighted by atomic mass is 9.80. The number of hydrogen-bond acceptors (Lipinski definition) is 5. The molecule has 1 fully saturated rings. The molecule has 3 unspecified atom stereocenters. The van der Waals surface area contributed by atoms with E-state index in [0.717, 1.165) is 25.4 Å². The van der Waals surface area contributed by atoms with Crippen LogP contribution in [0.1, 0.15) is 47.0 Å². The maximum atomic E-state index is 6.06. The standard InChI is InChI=1S/C15H26ClN5/c1-5-21(6-2)15-19-13(16)18-14(20-15)17-12-8-7-10(3)9-11(12)4/h10-12H,5-9H2,1-4H3,(H,17,18,19,20). The first-order chi connectivity index (χ1) is 10.0. The Morgan fingerprint density at radius 3 is 2.48 bits per heavy atom. The number of halogens is 1. The highest BCUT2D eigenvalue weighted by Crippen LogP contribution is 2.30. The minimum Gasteiger partial charge on any atom is -0.351 e. The number of aromatic nitrogens is 3. The van der Waals surface area contributed by atoms with Gasteiger partial charge in [-0.2, -0.15) is 15.0 Å². The molecule has 1 heterocycles. The normalized spacial score (nSPS) is 25.7. The van der Waals surface area contributed by atoms with Crippen LogP contribution in [-0.4, -0.2) is 34.1 Å². The second-order valence-electron chi connectivity index (χ2n) is 6.05. The Bertz CT molecular complexity index is 463. The Hall–Kier alpha value is -1.10. The van der Waals surface area contributed by atoms with Gasteiger partial charge in [-0.15, -0.1) is 0 Å². The molecule has 1 N–H and O–H groups in total. The molecule has 0 amide bonds. The van der Waals surface area contributed by atoms with Crippen molar-refractivity contribution in [2.45, 2.75) is 53.0 Å². The highest BCUT2D eigenvalue weighted by atomic mass is 35.5. The van der Waals surface area contributed by atoms with Crippen LogP contribution in [0.2, 0.25) is 5.28 Å². The Morgan fingerprint density at radius 1 is 1.14 bits per heavy atom. The van der Waals surface area contributed by atoms with Crippen LogP contribution in [-0.2, 0) is 0 Å². The summed E-state index contributed by atoms with van der Waals surface area (Å²) in [7, 11) is 0. The van der Waals surface area contributed by atoms with Crippen LogP contribution in [0.15, 0.2) is 0 Å². The lowest BCUT2D eigenvalue weighted by Gasteiger charge is -2.33. The van der Waals surface area contributed by atoms with E-state index < -0.39 is 0 Å². The zero-order valence-corrected chi connectivity index (χ0v) is 14.2. The largest absolute Gasteiger partial charge is 0.351 e. The van der Waals surface area contributed by atoms with E-state index in [1.54, 1.807) is 0 Å². The highest BCUT2D eigenvalue weighted by molar-refractivity contribution is 6.28. The van der Waals surface area contributed by atoms with Gasteiger partial charge in [-0.3, -0.25) is 0 Å². The van der Waals surface area contributed by atoms with Crippen molar-refractivity contribution in [1.82, 2.24) is 15.0 Å². The van der Waals surface area contributed by atoms with Crippen molar-refractivity contribution in [3.05, 3.63) is 5.28 Å². The van der Waals surface area contributed by atoms with Crippen molar-refractivity contribution in [2.24, 2.45) is 11.8 Å². The molecule has 21 heavy (non-hydrogen) atoms. The molecule has 2 rings (SSSR count).